The van der Waals surface area contributed by atoms with Crippen molar-refractivity contribution in [1.82, 2.24) is 20.0 Å². The predicted octanol–water partition coefficient (Wildman–Crippen LogP) is 1.71. The number of carbonyl (C=O) groups is 1. The lowest BCUT2D eigenvalue weighted by atomic mass is 10.00. The molecule has 0 saturated heterocycles. The predicted molar refractivity (Wildman–Crippen MR) is 96.6 cm³/mol. The van der Waals surface area contributed by atoms with Crippen molar-refractivity contribution in [3.05, 3.63) is 47.3 Å². The van der Waals surface area contributed by atoms with Gasteiger partial charge in [0, 0.05) is 44.9 Å². The molecular formula is C19H26N4O2. The quantitative estimate of drug-likeness (QED) is 0.868. The fourth-order valence-corrected chi connectivity index (χ4v) is 3.24. The molecule has 1 amide bonds. The van der Waals surface area contributed by atoms with Crippen molar-refractivity contribution in [3.8, 4) is 5.75 Å². The van der Waals surface area contributed by atoms with Gasteiger partial charge in [0.15, 0.2) is 0 Å². The van der Waals surface area contributed by atoms with Crippen LogP contribution in [-0.2, 0) is 24.7 Å². The third kappa shape index (κ3) is 3.85. The number of nitrogens with zero attached hydrogens (tertiary/aromatic N) is 3. The summed E-state index contributed by atoms with van der Waals surface area (Å²) in [7, 11) is 3.80. The van der Waals surface area contributed by atoms with Gasteiger partial charge in [-0.05, 0) is 31.0 Å². The van der Waals surface area contributed by atoms with E-state index in [2.05, 4.69) is 22.5 Å². The molecule has 1 aromatic heterocycles. The summed E-state index contributed by atoms with van der Waals surface area (Å²) in [4.78, 5) is 14.6. The molecule has 1 aromatic carbocycles. The summed E-state index contributed by atoms with van der Waals surface area (Å²) in [5.74, 6) is 0.978. The van der Waals surface area contributed by atoms with Crippen molar-refractivity contribution in [2.24, 2.45) is 7.05 Å². The first-order chi connectivity index (χ1) is 12.1. The van der Waals surface area contributed by atoms with Gasteiger partial charge in [-0.3, -0.25) is 9.48 Å². The Morgan fingerprint density at radius 3 is 2.88 bits per heavy atom. The molecule has 6 nitrogen and oxygen atoms in total. The van der Waals surface area contributed by atoms with Gasteiger partial charge in [0.05, 0.1) is 12.8 Å². The lowest BCUT2D eigenvalue weighted by molar-refractivity contribution is -0.132. The first-order valence-corrected chi connectivity index (χ1v) is 8.81. The second kappa shape index (κ2) is 7.70. The number of hydrogen-bond donors (Lipinski definition) is 1. The summed E-state index contributed by atoms with van der Waals surface area (Å²) in [6.07, 6.45) is 3.54. The van der Waals surface area contributed by atoms with E-state index in [1.165, 1.54) is 5.56 Å². The average Bonchev–Trinajstić information content (AvgIpc) is 3.02. The van der Waals surface area contributed by atoms with Crippen LogP contribution >= 0.6 is 0 Å². The third-order valence-electron chi connectivity index (χ3n) is 4.71. The zero-order valence-corrected chi connectivity index (χ0v) is 15.2. The van der Waals surface area contributed by atoms with Gasteiger partial charge in [0.2, 0.25) is 5.91 Å². The van der Waals surface area contributed by atoms with E-state index in [-0.39, 0.29) is 11.9 Å². The number of aromatic nitrogens is 2. The smallest absolute Gasteiger partial charge is 0.244 e. The Kier molecular flexibility index (Phi) is 5.38. The second-order valence-corrected chi connectivity index (χ2v) is 6.39. The van der Waals surface area contributed by atoms with Crippen molar-refractivity contribution in [3.63, 3.8) is 0 Å². The zero-order valence-electron chi connectivity index (χ0n) is 15.2. The molecule has 2 heterocycles. The van der Waals surface area contributed by atoms with E-state index in [9.17, 15) is 4.79 Å². The minimum Gasteiger partial charge on any atom is -0.494 e. The summed E-state index contributed by atoms with van der Waals surface area (Å²) in [6, 6.07) is 7.78. The number of hydrogen-bond acceptors (Lipinski definition) is 4. The molecule has 134 valence electrons. The van der Waals surface area contributed by atoms with E-state index in [0.29, 0.717) is 13.2 Å². The summed E-state index contributed by atoms with van der Waals surface area (Å²) in [5.41, 5.74) is 3.35. The normalized spacial score (nSPS) is 16.4. The molecule has 1 aliphatic rings. The van der Waals surface area contributed by atoms with E-state index < -0.39 is 0 Å². The molecule has 25 heavy (non-hydrogen) atoms. The molecule has 0 bridgehead atoms. The number of likely N-dealkylation sites (N-methyl/N-ethyl adjacent to an activating group) is 1. The van der Waals surface area contributed by atoms with Crippen molar-refractivity contribution < 1.29 is 9.53 Å². The van der Waals surface area contributed by atoms with Gasteiger partial charge in [0.1, 0.15) is 11.8 Å². The molecule has 0 aliphatic carbocycles. The minimum absolute atomic E-state index is 0.0971. The Hall–Kier alpha value is -2.34. The Bertz CT molecular complexity index is 724. The van der Waals surface area contributed by atoms with Crippen molar-refractivity contribution >= 4 is 5.91 Å². The Labute approximate surface area is 148 Å². The lowest BCUT2D eigenvalue weighted by Crippen LogP contribution is -2.42. The Morgan fingerprint density at radius 2 is 2.16 bits per heavy atom. The molecular weight excluding hydrogens is 316 g/mol. The maximum Gasteiger partial charge on any atom is 0.244 e. The highest BCUT2D eigenvalue weighted by Gasteiger charge is 2.30. The number of aryl methyl sites for hydroxylation is 1. The summed E-state index contributed by atoms with van der Waals surface area (Å²) >= 11 is 0. The number of amides is 1. The highest BCUT2D eigenvalue weighted by molar-refractivity contribution is 5.83. The van der Waals surface area contributed by atoms with E-state index in [4.69, 9.17) is 4.74 Å². The van der Waals surface area contributed by atoms with Crippen LogP contribution in [0.1, 0.15) is 29.8 Å². The van der Waals surface area contributed by atoms with Crippen LogP contribution in [0.3, 0.4) is 0 Å². The topological polar surface area (TPSA) is 59.4 Å². The SMILES string of the molecule is CCOc1ccc(CCN(C)C(=O)C2NCCc3c2cnn3C)cc1. The Balaban J connectivity index is 1.60. The van der Waals surface area contributed by atoms with Gasteiger partial charge >= 0.3 is 0 Å². The van der Waals surface area contributed by atoms with Crippen LogP contribution in [-0.4, -0.2) is 47.3 Å². The highest BCUT2D eigenvalue weighted by atomic mass is 16.5. The summed E-state index contributed by atoms with van der Waals surface area (Å²) in [5, 5.41) is 7.63. The number of fused-ring (bicyclic) bond motifs is 1. The van der Waals surface area contributed by atoms with Gasteiger partial charge in [-0.2, -0.15) is 5.10 Å². The summed E-state index contributed by atoms with van der Waals surface area (Å²) in [6.45, 7) is 4.12. The fourth-order valence-electron chi connectivity index (χ4n) is 3.24. The van der Waals surface area contributed by atoms with Crippen LogP contribution in [0.15, 0.2) is 30.5 Å². The van der Waals surface area contributed by atoms with Gasteiger partial charge in [-0.15, -0.1) is 0 Å². The maximum atomic E-state index is 12.8. The van der Waals surface area contributed by atoms with Gasteiger partial charge < -0.3 is 15.0 Å². The van der Waals surface area contributed by atoms with Crippen LogP contribution < -0.4 is 10.1 Å². The number of benzene rings is 1. The second-order valence-electron chi connectivity index (χ2n) is 6.39. The molecule has 2 aromatic rings. The molecule has 1 unspecified atom stereocenters. The van der Waals surface area contributed by atoms with E-state index >= 15 is 0 Å². The van der Waals surface area contributed by atoms with E-state index in [0.717, 1.165) is 36.4 Å². The molecule has 0 saturated carbocycles. The number of ether oxygens (including phenoxy) is 1. The van der Waals surface area contributed by atoms with Gasteiger partial charge in [-0.1, -0.05) is 12.1 Å². The molecule has 0 fully saturated rings. The third-order valence-corrected chi connectivity index (χ3v) is 4.71. The number of rotatable bonds is 6. The molecule has 6 heteroatoms. The first-order valence-electron chi connectivity index (χ1n) is 8.81. The van der Waals surface area contributed by atoms with Crippen molar-refractivity contribution in [1.29, 1.82) is 0 Å². The zero-order chi connectivity index (χ0) is 17.8. The van der Waals surface area contributed by atoms with Crippen LogP contribution in [0.4, 0.5) is 0 Å². The number of carbonyl (C=O) groups excluding carboxylic acids is 1. The molecule has 0 radical (unpaired) electrons. The molecule has 0 spiro atoms. The standard InChI is InChI=1S/C19H26N4O2/c1-4-25-15-7-5-14(6-8-15)10-12-22(2)19(24)18-16-13-21-23(3)17(16)9-11-20-18/h5-8,13,18,20H,4,9-12H2,1-3H3. The van der Waals surface area contributed by atoms with Crippen molar-refractivity contribution in [2.45, 2.75) is 25.8 Å². The van der Waals surface area contributed by atoms with Crippen LogP contribution in [0.2, 0.25) is 0 Å². The van der Waals surface area contributed by atoms with Gasteiger partial charge in [-0.25, -0.2) is 0 Å². The maximum absolute atomic E-state index is 12.8. The lowest BCUT2D eigenvalue weighted by Gasteiger charge is -2.28. The van der Waals surface area contributed by atoms with Crippen LogP contribution in [0, 0.1) is 0 Å². The van der Waals surface area contributed by atoms with Crippen LogP contribution in [0.5, 0.6) is 5.75 Å². The van der Waals surface area contributed by atoms with Crippen LogP contribution in [0.25, 0.3) is 0 Å². The summed E-state index contributed by atoms with van der Waals surface area (Å²) < 4.78 is 7.33. The molecule has 1 N–H and O–H groups in total. The monoisotopic (exact) mass is 342 g/mol. The van der Waals surface area contributed by atoms with Gasteiger partial charge in [0.25, 0.3) is 0 Å². The molecule has 1 atom stereocenters. The Morgan fingerprint density at radius 1 is 1.40 bits per heavy atom. The highest BCUT2D eigenvalue weighted by Crippen LogP contribution is 2.23. The largest absolute Gasteiger partial charge is 0.494 e. The van der Waals surface area contributed by atoms with E-state index in [1.54, 1.807) is 4.90 Å². The number of nitrogens with one attached hydrogen (secondary N) is 1. The minimum atomic E-state index is -0.289. The molecule has 1 aliphatic heterocycles. The molecule has 3 rings (SSSR count). The average molecular weight is 342 g/mol. The van der Waals surface area contributed by atoms with Crippen molar-refractivity contribution in [2.75, 3.05) is 26.7 Å². The fraction of sp³-hybridized carbons (Fsp3) is 0.474. The first kappa shape index (κ1) is 17.5. The van der Waals surface area contributed by atoms with E-state index in [1.807, 2.05) is 44.0 Å².